The van der Waals surface area contributed by atoms with E-state index in [0.717, 1.165) is 44.7 Å². The molecule has 2 aliphatic heterocycles. The van der Waals surface area contributed by atoms with Crippen LogP contribution in [0.25, 0.3) is 0 Å². The number of fused-ring (bicyclic) bond motifs is 1. The molecule has 4 rings (SSSR count). The van der Waals surface area contributed by atoms with E-state index in [1.807, 2.05) is 13.0 Å². The number of methoxy groups -OCH3 is 1. The topological polar surface area (TPSA) is 103 Å². The number of rotatable bonds is 9. The molecule has 0 bridgehead atoms. The fourth-order valence-corrected chi connectivity index (χ4v) is 5.17. The minimum absolute atomic E-state index is 0.0246. The summed E-state index contributed by atoms with van der Waals surface area (Å²) in [7, 11) is 3.34. The van der Waals surface area contributed by atoms with Crippen molar-refractivity contribution in [3.63, 3.8) is 0 Å². The standard InChI is InChI=1S/C29H43N7O3/c1-18(2)10-15-36-20(5)28(38)34(6)24-17-30-29(33-26(24)36)32-23-9-8-21(16-25(23)39-7)27(37)31-22-11-13-35(14-12-22)19(3)4/h8-9,16-20,22H,10-15H2,1-7H3,(H,31,37)(H,30,32,33). The van der Waals surface area contributed by atoms with Crippen LogP contribution in [0.15, 0.2) is 24.4 Å². The Hall–Kier alpha value is -3.40. The lowest BCUT2D eigenvalue weighted by Crippen LogP contribution is -2.51. The molecule has 39 heavy (non-hydrogen) atoms. The number of aromatic nitrogens is 2. The van der Waals surface area contributed by atoms with Crippen LogP contribution < -0.4 is 25.2 Å². The minimum Gasteiger partial charge on any atom is -0.495 e. The highest BCUT2D eigenvalue weighted by atomic mass is 16.5. The third-order valence-corrected chi connectivity index (χ3v) is 7.79. The van der Waals surface area contributed by atoms with Gasteiger partial charge < -0.3 is 30.1 Å². The SMILES string of the molecule is COc1cc(C(=O)NC2CCN(C(C)C)CC2)ccc1Nc1ncc2c(n1)N(CCC(C)C)C(C)C(=O)N2C. The Morgan fingerprint density at radius 2 is 1.90 bits per heavy atom. The van der Waals surface area contributed by atoms with Gasteiger partial charge in [-0.25, -0.2) is 4.98 Å². The molecule has 1 aromatic carbocycles. The summed E-state index contributed by atoms with van der Waals surface area (Å²) < 4.78 is 5.62. The molecule has 1 fully saturated rings. The van der Waals surface area contributed by atoms with Crippen LogP contribution in [0.5, 0.6) is 5.75 Å². The lowest BCUT2D eigenvalue weighted by Gasteiger charge is -2.39. The predicted octanol–water partition coefficient (Wildman–Crippen LogP) is 4.05. The second-order valence-electron chi connectivity index (χ2n) is 11.3. The normalized spacial score (nSPS) is 18.5. The Balaban J connectivity index is 1.50. The number of ether oxygens (including phenoxy) is 1. The Morgan fingerprint density at radius 1 is 1.18 bits per heavy atom. The van der Waals surface area contributed by atoms with Gasteiger partial charge in [-0.05, 0) is 64.2 Å². The van der Waals surface area contributed by atoms with Crippen LogP contribution in [-0.4, -0.2) is 78.6 Å². The maximum absolute atomic E-state index is 13.0. The van der Waals surface area contributed by atoms with E-state index >= 15 is 0 Å². The van der Waals surface area contributed by atoms with Crippen molar-refractivity contribution >= 4 is 35.0 Å². The van der Waals surface area contributed by atoms with Gasteiger partial charge in [-0.15, -0.1) is 0 Å². The van der Waals surface area contributed by atoms with Crippen LogP contribution in [0, 0.1) is 5.92 Å². The molecule has 2 aliphatic rings. The van der Waals surface area contributed by atoms with Crippen LogP contribution >= 0.6 is 0 Å². The number of nitrogens with one attached hydrogen (secondary N) is 2. The zero-order valence-electron chi connectivity index (χ0n) is 24.3. The predicted molar refractivity (Wildman–Crippen MR) is 155 cm³/mol. The number of hydrogen-bond acceptors (Lipinski definition) is 8. The van der Waals surface area contributed by atoms with E-state index in [1.54, 1.807) is 37.4 Å². The van der Waals surface area contributed by atoms with E-state index in [9.17, 15) is 9.59 Å². The third kappa shape index (κ3) is 6.43. The zero-order valence-corrected chi connectivity index (χ0v) is 24.3. The van der Waals surface area contributed by atoms with Gasteiger partial charge in [0.05, 0.1) is 19.0 Å². The number of hydrogen-bond donors (Lipinski definition) is 2. The first-order valence-corrected chi connectivity index (χ1v) is 14.0. The van der Waals surface area contributed by atoms with Crippen molar-refractivity contribution in [3.8, 4) is 5.75 Å². The highest BCUT2D eigenvalue weighted by Gasteiger charge is 2.35. The summed E-state index contributed by atoms with van der Waals surface area (Å²) >= 11 is 0. The Labute approximate surface area is 232 Å². The molecule has 1 aromatic heterocycles. The highest BCUT2D eigenvalue weighted by molar-refractivity contribution is 6.04. The molecule has 2 N–H and O–H groups in total. The maximum Gasteiger partial charge on any atom is 0.251 e. The first kappa shape index (κ1) is 28.6. The molecule has 3 heterocycles. The summed E-state index contributed by atoms with van der Waals surface area (Å²) in [6, 6.07) is 5.72. The van der Waals surface area contributed by atoms with E-state index in [2.05, 4.69) is 53.1 Å². The van der Waals surface area contributed by atoms with E-state index in [4.69, 9.17) is 9.72 Å². The second-order valence-corrected chi connectivity index (χ2v) is 11.3. The number of likely N-dealkylation sites (N-methyl/N-ethyl adjacent to an activating group) is 1. The van der Waals surface area contributed by atoms with Crippen LogP contribution in [0.1, 0.15) is 64.2 Å². The summed E-state index contributed by atoms with van der Waals surface area (Å²) in [5.74, 6) is 2.07. The quantitative estimate of drug-likeness (QED) is 0.494. The van der Waals surface area contributed by atoms with Crippen LogP contribution in [0.2, 0.25) is 0 Å². The molecular weight excluding hydrogens is 494 g/mol. The number of carbonyl (C=O) groups is 2. The van der Waals surface area contributed by atoms with Crippen molar-refractivity contribution in [1.82, 2.24) is 20.2 Å². The maximum atomic E-state index is 13.0. The largest absolute Gasteiger partial charge is 0.495 e. The summed E-state index contributed by atoms with van der Waals surface area (Å²) in [5, 5.41) is 6.43. The lowest BCUT2D eigenvalue weighted by atomic mass is 10.0. The van der Waals surface area contributed by atoms with Crippen molar-refractivity contribution in [1.29, 1.82) is 0 Å². The number of carbonyl (C=O) groups excluding carboxylic acids is 2. The Kier molecular flexibility index (Phi) is 8.94. The van der Waals surface area contributed by atoms with Gasteiger partial charge in [0.25, 0.3) is 5.91 Å². The molecule has 212 valence electrons. The molecule has 10 nitrogen and oxygen atoms in total. The molecule has 10 heteroatoms. The zero-order chi connectivity index (χ0) is 28.3. The lowest BCUT2D eigenvalue weighted by molar-refractivity contribution is -0.119. The van der Waals surface area contributed by atoms with E-state index < -0.39 is 0 Å². The average Bonchev–Trinajstić information content (AvgIpc) is 2.92. The monoisotopic (exact) mass is 537 g/mol. The van der Waals surface area contributed by atoms with Gasteiger partial charge in [-0.3, -0.25) is 9.59 Å². The van der Waals surface area contributed by atoms with Gasteiger partial charge in [0, 0.05) is 44.3 Å². The average molecular weight is 538 g/mol. The van der Waals surface area contributed by atoms with Crippen molar-refractivity contribution in [2.24, 2.45) is 5.92 Å². The van der Waals surface area contributed by atoms with Crippen LogP contribution in [0.3, 0.4) is 0 Å². The third-order valence-electron chi connectivity index (χ3n) is 7.79. The molecule has 2 aromatic rings. The van der Waals surface area contributed by atoms with Crippen molar-refractivity contribution in [2.45, 2.75) is 72.0 Å². The molecule has 2 amide bonds. The second kappa shape index (κ2) is 12.2. The van der Waals surface area contributed by atoms with Gasteiger partial charge in [-0.1, -0.05) is 13.8 Å². The van der Waals surface area contributed by atoms with Gasteiger partial charge >= 0.3 is 0 Å². The number of benzene rings is 1. The van der Waals surface area contributed by atoms with Crippen molar-refractivity contribution in [3.05, 3.63) is 30.0 Å². The van der Waals surface area contributed by atoms with Crippen molar-refractivity contribution in [2.75, 3.05) is 48.9 Å². The van der Waals surface area contributed by atoms with Crippen molar-refractivity contribution < 1.29 is 14.3 Å². The number of likely N-dealkylation sites (tertiary alicyclic amines) is 1. The highest BCUT2D eigenvalue weighted by Crippen LogP contribution is 2.35. The van der Waals surface area contributed by atoms with Crippen LogP contribution in [-0.2, 0) is 4.79 Å². The number of anilines is 4. The molecule has 0 spiro atoms. The van der Waals surface area contributed by atoms with Gasteiger partial charge in [0.2, 0.25) is 11.9 Å². The Morgan fingerprint density at radius 3 is 2.54 bits per heavy atom. The van der Waals surface area contributed by atoms with Crippen LogP contribution in [0.4, 0.5) is 23.1 Å². The molecule has 1 saturated heterocycles. The minimum atomic E-state index is -0.311. The fourth-order valence-electron chi connectivity index (χ4n) is 5.17. The first-order valence-electron chi connectivity index (χ1n) is 14.0. The molecule has 0 radical (unpaired) electrons. The van der Waals surface area contributed by atoms with Gasteiger partial charge in [0.15, 0.2) is 5.82 Å². The number of nitrogens with zero attached hydrogens (tertiary/aromatic N) is 5. The summed E-state index contributed by atoms with van der Waals surface area (Å²) in [5.41, 5.74) is 1.88. The van der Waals surface area contributed by atoms with E-state index in [0.29, 0.717) is 40.6 Å². The molecule has 1 atom stereocenters. The molecule has 0 saturated carbocycles. The Bertz CT molecular complexity index is 1180. The molecular formula is C29H43N7O3. The number of amides is 2. The first-order chi connectivity index (χ1) is 18.6. The van der Waals surface area contributed by atoms with Gasteiger partial charge in [0.1, 0.15) is 17.5 Å². The summed E-state index contributed by atoms with van der Waals surface area (Å²) in [6.45, 7) is 13.4. The van der Waals surface area contributed by atoms with Gasteiger partial charge in [-0.2, -0.15) is 4.98 Å². The van der Waals surface area contributed by atoms with E-state index in [1.165, 1.54) is 0 Å². The van der Waals surface area contributed by atoms with E-state index in [-0.39, 0.29) is 23.9 Å². The molecule has 1 unspecified atom stereocenters. The molecule has 0 aliphatic carbocycles. The summed E-state index contributed by atoms with van der Waals surface area (Å²) in [4.78, 5) is 41.2. The summed E-state index contributed by atoms with van der Waals surface area (Å²) in [6.07, 6.45) is 4.52. The fraction of sp³-hybridized carbons (Fsp3) is 0.586. The number of piperidine rings is 1. The smallest absolute Gasteiger partial charge is 0.251 e.